The summed E-state index contributed by atoms with van der Waals surface area (Å²) >= 11 is 4.38. The summed E-state index contributed by atoms with van der Waals surface area (Å²) in [7, 11) is -4.01. The van der Waals surface area contributed by atoms with E-state index in [9.17, 15) is 17.4 Å². The van der Waals surface area contributed by atoms with Crippen molar-refractivity contribution in [1.82, 2.24) is 18.9 Å². The van der Waals surface area contributed by atoms with Gasteiger partial charge in [0, 0.05) is 34.5 Å². The molecule has 0 aliphatic heterocycles. The van der Waals surface area contributed by atoms with Crippen molar-refractivity contribution in [2.24, 2.45) is 0 Å². The number of pyridine rings is 1. The molecule has 7 nitrogen and oxygen atoms in total. The van der Waals surface area contributed by atoms with Crippen molar-refractivity contribution in [3.8, 4) is 11.4 Å². The number of aryl methyl sites for hydroxylation is 1. The molecule has 30 heavy (non-hydrogen) atoms. The molecule has 0 bridgehead atoms. The maximum Gasteiger partial charge on any atom is 0.284 e. The molecule has 1 atom stereocenters. The summed E-state index contributed by atoms with van der Waals surface area (Å²) in [5, 5.41) is 0.355. The fraction of sp³-hybridized carbons (Fsp3) is 0.105. The third-order valence-corrected chi connectivity index (χ3v) is 7.28. The minimum Gasteiger partial charge on any atom is -0.610 e. The SMILES string of the molecule is Cc1ccccc1S(=O)(=O)n1cc(-c2ncc(F)c([S+](C)[O-])n2)c2cc(Cl)cnc21. The maximum atomic E-state index is 13.9. The zero-order chi connectivity index (χ0) is 21.6. The molecule has 4 rings (SSSR count). The molecular formula is C19H14ClFN4O3S2. The summed E-state index contributed by atoms with van der Waals surface area (Å²) in [6, 6.07) is 8.08. The highest BCUT2D eigenvalue weighted by molar-refractivity contribution is 7.90. The Bertz CT molecular complexity index is 1390. The Morgan fingerprint density at radius 1 is 1.20 bits per heavy atom. The summed E-state index contributed by atoms with van der Waals surface area (Å²) in [4.78, 5) is 12.3. The lowest BCUT2D eigenvalue weighted by Gasteiger charge is -2.09. The predicted molar refractivity (Wildman–Crippen MR) is 112 cm³/mol. The summed E-state index contributed by atoms with van der Waals surface area (Å²) in [5.74, 6) is -0.804. The lowest BCUT2D eigenvalue weighted by atomic mass is 10.2. The normalized spacial score (nSPS) is 13.0. The van der Waals surface area contributed by atoms with Gasteiger partial charge in [0.05, 0.1) is 16.1 Å². The van der Waals surface area contributed by atoms with E-state index in [1.165, 1.54) is 30.8 Å². The highest BCUT2D eigenvalue weighted by Crippen LogP contribution is 2.33. The Kier molecular flexibility index (Phi) is 5.27. The van der Waals surface area contributed by atoms with Crippen LogP contribution in [-0.2, 0) is 21.2 Å². The molecule has 1 unspecified atom stereocenters. The number of aromatic nitrogens is 4. The lowest BCUT2D eigenvalue weighted by molar-refractivity contribution is 0.551. The number of fused-ring (bicyclic) bond motifs is 1. The standard InChI is InChI=1S/C19H14ClFN4O3S2/c1-11-5-3-4-6-16(11)30(27,28)25-10-14(13-7-12(20)8-23-18(13)25)17-22-9-15(21)19(24-17)29(2)26/h3-10H,1-2H3. The number of hydrogen-bond acceptors (Lipinski definition) is 6. The fourth-order valence-corrected chi connectivity index (χ4v) is 5.30. The summed E-state index contributed by atoms with van der Waals surface area (Å²) in [6.07, 6.45) is 4.83. The minimum absolute atomic E-state index is 0.00870. The van der Waals surface area contributed by atoms with E-state index in [-0.39, 0.29) is 32.0 Å². The molecule has 0 saturated heterocycles. The van der Waals surface area contributed by atoms with Crippen LogP contribution in [0, 0.1) is 12.7 Å². The molecule has 154 valence electrons. The number of nitrogens with zero attached hydrogens (tertiary/aromatic N) is 4. The first kappa shape index (κ1) is 20.7. The van der Waals surface area contributed by atoms with Gasteiger partial charge in [0.2, 0.25) is 5.82 Å². The predicted octanol–water partition coefficient (Wildman–Crippen LogP) is 3.57. The third-order valence-electron chi connectivity index (χ3n) is 4.43. The van der Waals surface area contributed by atoms with Crippen molar-refractivity contribution >= 4 is 43.8 Å². The van der Waals surface area contributed by atoms with Crippen LogP contribution < -0.4 is 0 Å². The third kappa shape index (κ3) is 3.45. The zero-order valence-electron chi connectivity index (χ0n) is 15.7. The second kappa shape index (κ2) is 7.62. The molecule has 1 aromatic carbocycles. The van der Waals surface area contributed by atoms with E-state index in [0.29, 0.717) is 10.9 Å². The van der Waals surface area contributed by atoms with E-state index >= 15 is 0 Å². The van der Waals surface area contributed by atoms with Crippen molar-refractivity contribution in [3.63, 3.8) is 0 Å². The van der Waals surface area contributed by atoms with Gasteiger partial charge in [-0.2, -0.15) is 9.37 Å². The minimum atomic E-state index is -4.01. The molecule has 0 amide bonds. The summed E-state index contributed by atoms with van der Waals surface area (Å²) < 4.78 is 53.5. The van der Waals surface area contributed by atoms with E-state index in [1.54, 1.807) is 25.1 Å². The van der Waals surface area contributed by atoms with Gasteiger partial charge in [-0.1, -0.05) is 29.8 Å². The second-order valence-corrected chi connectivity index (χ2v) is 9.95. The maximum absolute atomic E-state index is 13.9. The second-order valence-electron chi connectivity index (χ2n) is 6.43. The number of rotatable bonds is 4. The fourth-order valence-electron chi connectivity index (χ4n) is 3.05. The number of benzene rings is 1. The highest BCUT2D eigenvalue weighted by atomic mass is 35.5. The average Bonchev–Trinajstić information content (AvgIpc) is 3.08. The van der Waals surface area contributed by atoms with Gasteiger partial charge in [-0.15, -0.1) is 0 Å². The monoisotopic (exact) mass is 464 g/mol. The largest absolute Gasteiger partial charge is 0.610 e. The Morgan fingerprint density at radius 2 is 1.93 bits per heavy atom. The summed E-state index contributed by atoms with van der Waals surface area (Å²) in [6.45, 7) is 1.69. The Morgan fingerprint density at radius 3 is 2.63 bits per heavy atom. The van der Waals surface area contributed by atoms with E-state index < -0.39 is 27.0 Å². The van der Waals surface area contributed by atoms with Crippen molar-refractivity contribution < 1.29 is 17.4 Å². The number of halogens is 2. The Balaban J connectivity index is 2.02. The van der Waals surface area contributed by atoms with Crippen LogP contribution in [-0.4, -0.2) is 38.2 Å². The molecule has 3 heterocycles. The highest BCUT2D eigenvalue weighted by Gasteiger charge is 2.26. The molecule has 0 radical (unpaired) electrons. The van der Waals surface area contributed by atoms with Gasteiger partial charge in [-0.3, -0.25) is 0 Å². The van der Waals surface area contributed by atoms with E-state index in [4.69, 9.17) is 11.6 Å². The zero-order valence-corrected chi connectivity index (χ0v) is 18.1. The van der Waals surface area contributed by atoms with Crippen LogP contribution in [0.15, 0.2) is 58.8 Å². The van der Waals surface area contributed by atoms with Crippen molar-refractivity contribution in [3.05, 3.63) is 65.3 Å². The van der Waals surface area contributed by atoms with Crippen LogP contribution in [0.25, 0.3) is 22.4 Å². The van der Waals surface area contributed by atoms with E-state index in [2.05, 4.69) is 15.0 Å². The van der Waals surface area contributed by atoms with Crippen LogP contribution in [0.4, 0.5) is 4.39 Å². The van der Waals surface area contributed by atoms with Gasteiger partial charge >= 0.3 is 0 Å². The molecule has 4 aromatic rings. The Hall–Kier alpha value is -2.53. The van der Waals surface area contributed by atoms with Gasteiger partial charge in [-0.05, 0) is 24.6 Å². The van der Waals surface area contributed by atoms with Crippen LogP contribution in [0.3, 0.4) is 0 Å². The van der Waals surface area contributed by atoms with Gasteiger partial charge in [0.15, 0.2) is 11.5 Å². The van der Waals surface area contributed by atoms with Gasteiger partial charge in [0.25, 0.3) is 15.0 Å². The van der Waals surface area contributed by atoms with E-state index in [1.807, 2.05) is 0 Å². The molecule has 0 spiro atoms. The van der Waals surface area contributed by atoms with Crippen LogP contribution in [0.1, 0.15) is 5.56 Å². The smallest absolute Gasteiger partial charge is 0.284 e. The molecule has 0 N–H and O–H groups in total. The average molecular weight is 465 g/mol. The van der Waals surface area contributed by atoms with Gasteiger partial charge in [-0.25, -0.2) is 22.4 Å². The van der Waals surface area contributed by atoms with Gasteiger partial charge < -0.3 is 4.55 Å². The Labute approximate surface area is 179 Å². The number of hydrogen-bond donors (Lipinski definition) is 0. The quantitative estimate of drug-likeness (QED) is 0.338. The van der Waals surface area contributed by atoms with Crippen LogP contribution >= 0.6 is 11.6 Å². The van der Waals surface area contributed by atoms with Crippen molar-refractivity contribution in [2.45, 2.75) is 16.8 Å². The lowest BCUT2D eigenvalue weighted by Crippen LogP contribution is -2.13. The van der Waals surface area contributed by atoms with Crippen LogP contribution in [0.2, 0.25) is 5.02 Å². The molecule has 0 fully saturated rings. The summed E-state index contributed by atoms with van der Waals surface area (Å²) in [5.41, 5.74) is 0.949. The first-order chi connectivity index (χ1) is 14.2. The molecule has 11 heteroatoms. The molecular weight excluding hydrogens is 451 g/mol. The topological polar surface area (TPSA) is 101 Å². The molecule has 0 aliphatic rings. The van der Waals surface area contributed by atoms with Crippen LogP contribution in [0.5, 0.6) is 0 Å². The van der Waals surface area contributed by atoms with Crippen molar-refractivity contribution in [2.75, 3.05) is 6.26 Å². The van der Waals surface area contributed by atoms with E-state index in [0.717, 1.165) is 10.2 Å². The first-order valence-corrected chi connectivity index (χ1v) is 11.9. The van der Waals surface area contributed by atoms with Crippen molar-refractivity contribution in [1.29, 1.82) is 0 Å². The molecule has 0 aliphatic carbocycles. The molecule has 3 aromatic heterocycles. The van der Waals surface area contributed by atoms with Gasteiger partial charge in [0.1, 0.15) is 6.26 Å². The first-order valence-electron chi connectivity index (χ1n) is 8.54. The molecule has 0 saturated carbocycles.